The summed E-state index contributed by atoms with van der Waals surface area (Å²) in [7, 11) is 0. The second-order valence-electron chi connectivity index (χ2n) is 5.33. The highest BCUT2D eigenvalue weighted by Gasteiger charge is 2.18. The molecule has 2 aromatic rings. The molecule has 3 heterocycles. The Hall–Kier alpha value is -2.68. The summed E-state index contributed by atoms with van der Waals surface area (Å²) in [5, 5.41) is 6.96. The van der Waals surface area contributed by atoms with Gasteiger partial charge in [-0.1, -0.05) is 0 Å². The average molecular weight is 319 g/mol. The normalized spacial score (nSPS) is 17.3. The van der Waals surface area contributed by atoms with Crippen molar-refractivity contribution < 1.29 is 9.53 Å². The van der Waals surface area contributed by atoms with Gasteiger partial charge in [0.2, 0.25) is 5.91 Å². The van der Waals surface area contributed by atoms with E-state index in [1.54, 1.807) is 17.1 Å². The maximum Gasteiger partial charge on any atom is 0.328 e. The van der Waals surface area contributed by atoms with Crippen LogP contribution in [0.2, 0.25) is 0 Å². The predicted molar refractivity (Wildman–Crippen MR) is 81.3 cm³/mol. The van der Waals surface area contributed by atoms with Crippen molar-refractivity contribution in [3.63, 3.8) is 0 Å². The molecule has 1 aliphatic rings. The Morgan fingerprint density at radius 3 is 3.09 bits per heavy atom. The van der Waals surface area contributed by atoms with Gasteiger partial charge in [-0.3, -0.25) is 19.3 Å². The largest absolute Gasteiger partial charge is 0.379 e. The number of carbonyl (C=O) groups is 1. The number of nitrogens with one attached hydrogen (secondary N) is 2. The Bertz CT molecular complexity index is 800. The summed E-state index contributed by atoms with van der Waals surface area (Å²) in [6, 6.07) is 1.45. The second-order valence-corrected chi connectivity index (χ2v) is 5.33. The fourth-order valence-corrected chi connectivity index (χ4v) is 2.40. The first-order valence-corrected chi connectivity index (χ1v) is 7.33. The third-order valence-corrected chi connectivity index (χ3v) is 3.64. The molecule has 9 nitrogen and oxygen atoms in total. The number of hydrogen-bond acceptors (Lipinski definition) is 5. The van der Waals surface area contributed by atoms with Crippen molar-refractivity contribution >= 4 is 11.6 Å². The minimum absolute atomic E-state index is 0.115. The predicted octanol–water partition coefficient (Wildman–Crippen LogP) is -0.277. The van der Waals surface area contributed by atoms with E-state index in [0.29, 0.717) is 12.3 Å². The number of aromatic amines is 1. The van der Waals surface area contributed by atoms with Crippen molar-refractivity contribution in [3.8, 4) is 0 Å². The number of anilines is 1. The molecule has 1 fully saturated rings. The van der Waals surface area contributed by atoms with Crippen LogP contribution in [0.3, 0.4) is 0 Å². The van der Waals surface area contributed by atoms with Gasteiger partial charge >= 0.3 is 5.69 Å². The summed E-state index contributed by atoms with van der Waals surface area (Å²) in [5.74, 6) is -0.231. The lowest BCUT2D eigenvalue weighted by Crippen LogP contribution is -2.29. The Morgan fingerprint density at radius 2 is 2.35 bits per heavy atom. The average Bonchev–Trinajstić information content (AvgIpc) is 3.17. The van der Waals surface area contributed by atoms with Gasteiger partial charge in [0.15, 0.2) is 0 Å². The fraction of sp³-hybridized carbons (Fsp3) is 0.429. The quantitative estimate of drug-likeness (QED) is 0.787. The van der Waals surface area contributed by atoms with E-state index in [1.807, 2.05) is 0 Å². The highest BCUT2D eigenvalue weighted by atomic mass is 16.5. The van der Waals surface area contributed by atoms with Gasteiger partial charge in [0, 0.05) is 38.0 Å². The first-order chi connectivity index (χ1) is 11.1. The smallest absolute Gasteiger partial charge is 0.328 e. The zero-order valence-corrected chi connectivity index (χ0v) is 12.4. The van der Waals surface area contributed by atoms with Gasteiger partial charge in [-0.25, -0.2) is 4.79 Å². The summed E-state index contributed by atoms with van der Waals surface area (Å²) in [4.78, 5) is 36.6. The second kappa shape index (κ2) is 6.61. The number of aromatic nitrogens is 4. The minimum Gasteiger partial charge on any atom is -0.379 e. The molecule has 1 aliphatic heterocycles. The van der Waals surface area contributed by atoms with Crippen LogP contribution < -0.4 is 16.6 Å². The summed E-state index contributed by atoms with van der Waals surface area (Å²) in [5.41, 5.74) is -0.380. The van der Waals surface area contributed by atoms with Crippen LogP contribution in [-0.2, 0) is 16.1 Å². The van der Waals surface area contributed by atoms with Crippen LogP contribution in [-0.4, -0.2) is 38.5 Å². The molecule has 1 atom stereocenters. The summed E-state index contributed by atoms with van der Waals surface area (Å²) in [6.07, 6.45) is 5.74. The molecule has 122 valence electrons. The summed E-state index contributed by atoms with van der Waals surface area (Å²) < 4.78 is 8.37. The maximum atomic E-state index is 11.9. The molecule has 1 amide bonds. The fourth-order valence-electron chi connectivity index (χ4n) is 2.40. The van der Waals surface area contributed by atoms with Crippen molar-refractivity contribution in [2.45, 2.75) is 25.4 Å². The number of hydrogen-bond donors (Lipinski definition) is 2. The van der Waals surface area contributed by atoms with Gasteiger partial charge in [-0.2, -0.15) is 5.10 Å². The number of aryl methyl sites for hydroxylation is 1. The van der Waals surface area contributed by atoms with Crippen molar-refractivity contribution in [2.75, 3.05) is 18.5 Å². The molecular weight excluding hydrogens is 302 g/mol. The molecule has 0 spiro atoms. The van der Waals surface area contributed by atoms with E-state index in [9.17, 15) is 14.4 Å². The monoisotopic (exact) mass is 319 g/mol. The van der Waals surface area contributed by atoms with Gasteiger partial charge < -0.3 is 14.6 Å². The van der Waals surface area contributed by atoms with Gasteiger partial charge in [0.05, 0.1) is 24.5 Å². The number of amides is 1. The maximum absolute atomic E-state index is 11.9. The molecule has 0 radical (unpaired) electrons. The van der Waals surface area contributed by atoms with Crippen LogP contribution in [0, 0.1) is 0 Å². The van der Waals surface area contributed by atoms with Crippen molar-refractivity contribution in [2.24, 2.45) is 0 Å². The molecule has 0 bridgehead atoms. The van der Waals surface area contributed by atoms with E-state index in [-0.39, 0.29) is 24.9 Å². The van der Waals surface area contributed by atoms with E-state index in [1.165, 1.54) is 16.8 Å². The van der Waals surface area contributed by atoms with E-state index in [0.717, 1.165) is 13.0 Å². The Balaban J connectivity index is 1.55. The number of rotatable bonds is 5. The summed E-state index contributed by atoms with van der Waals surface area (Å²) in [6.45, 7) is 1.54. The molecule has 9 heteroatoms. The van der Waals surface area contributed by atoms with Gasteiger partial charge in [-0.05, 0) is 6.42 Å². The van der Waals surface area contributed by atoms with Crippen LogP contribution >= 0.6 is 0 Å². The first-order valence-electron chi connectivity index (χ1n) is 7.33. The molecule has 0 aromatic carbocycles. The SMILES string of the molecule is O=C(CCn1ccc(=O)[nH]c1=O)Nc1cnn([C@@H]2CCOC2)c1. The van der Waals surface area contributed by atoms with Crippen LogP contribution in [0.1, 0.15) is 18.9 Å². The number of H-pyrrole nitrogens is 1. The lowest BCUT2D eigenvalue weighted by atomic mass is 10.3. The summed E-state index contributed by atoms with van der Waals surface area (Å²) >= 11 is 0. The molecule has 3 rings (SSSR count). The van der Waals surface area contributed by atoms with Gasteiger partial charge in [-0.15, -0.1) is 0 Å². The molecule has 1 saturated heterocycles. The Morgan fingerprint density at radius 1 is 1.48 bits per heavy atom. The topological polar surface area (TPSA) is 111 Å². The van der Waals surface area contributed by atoms with Crippen LogP contribution in [0.25, 0.3) is 0 Å². The Kier molecular flexibility index (Phi) is 4.38. The third-order valence-electron chi connectivity index (χ3n) is 3.64. The number of carbonyl (C=O) groups excluding carboxylic acids is 1. The zero-order valence-electron chi connectivity index (χ0n) is 12.4. The number of ether oxygens (including phenoxy) is 1. The van der Waals surface area contributed by atoms with E-state index in [2.05, 4.69) is 15.4 Å². The molecule has 0 aliphatic carbocycles. The van der Waals surface area contributed by atoms with Crippen LogP contribution in [0.5, 0.6) is 0 Å². The number of nitrogens with zero attached hydrogens (tertiary/aromatic N) is 3. The van der Waals surface area contributed by atoms with Crippen molar-refractivity contribution in [1.29, 1.82) is 0 Å². The molecule has 0 saturated carbocycles. The molecular formula is C14H17N5O4. The highest BCUT2D eigenvalue weighted by molar-refractivity contribution is 5.90. The standard InChI is InChI=1S/C14H17N5O4/c20-12(1-4-18-5-2-13(21)17-14(18)22)16-10-7-15-19(8-10)11-3-6-23-9-11/h2,5,7-8,11H,1,3-4,6,9H2,(H,16,20)(H,17,21,22)/t11-/m1/s1. The minimum atomic E-state index is -0.528. The van der Waals surface area contributed by atoms with E-state index in [4.69, 9.17) is 4.74 Å². The van der Waals surface area contributed by atoms with E-state index < -0.39 is 11.2 Å². The Labute approximate surface area is 130 Å². The first kappa shape index (κ1) is 15.2. The van der Waals surface area contributed by atoms with E-state index >= 15 is 0 Å². The molecule has 2 aromatic heterocycles. The molecule has 23 heavy (non-hydrogen) atoms. The van der Waals surface area contributed by atoms with Crippen LogP contribution in [0.4, 0.5) is 5.69 Å². The van der Waals surface area contributed by atoms with Crippen molar-refractivity contribution in [3.05, 3.63) is 45.5 Å². The third kappa shape index (κ3) is 3.75. The molecule has 0 unspecified atom stereocenters. The van der Waals surface area contributed by atoms with Gasteiger partial charge in [0.25, 0.3) is 5.56 Å². The molecule has 2 N–H and O–H groups in total. The highest BCUT2D eigenvalue weighted by Crippen LogP contribution is 2.19. The van der Waals surface area contributed by atoms with Gasteiger partial charge in [0.1, 0.15) is 0 Å². The van der Waals surface area contributed by atoms with Crippen LogP contribution in [0.15, 0.2) is 34.2 Å². The lowest BCUT2D eigenvalue weighted by Gasteiger charge is -2.07. The van der Waals surface area contributed by atoms with Crippen molar-refractivity contribution in [1.82, 2.24) is 19.3 Å². The lowest BCUT2D eigenvalue weighted by molar-refractivity contribution is -0.116. The zero-order chi connectivity index (χ0) is 16.2.